The van der Waals surface area contributed by atoms with E-state index in [9.17, 15) is 4.79 Å². The highest BCUT2D eigenvalue weighted by Crippen LogP contribution is 2.46. The molecule has 2 aromatic heterocycles. The standard InChI is InChI=1S/C30H40ClN7O3/c1-6-25(39)35-9-7-21(8-10-35)38-20(3)26(27-23-14-32-33-24(23)13-19(2)28(27)31)29(34-38)37-12-11-36(22-15-41-16-22)17-30(37,4)18-40-5/h6,13-14,21-22H,1,7-12,15-18H2,2-5H3,(H,32,33)/t30-/m0/s1. The summed E-state index contributed by atoms with van der Waals surface area (Å²) in [6.07, 6.45) is 4.92. The van der Waals surface area contributed by atoms with Crippen molar-refractivity contribution in [2.24, 2.45) is 0 Å². The molecule has 0 unspecified atom stereocenters. The number of hydrogen-bond acceptors (Lipinski definition) is 7. The lowest BCUT2D eigenvalue weighted by Gasteiger charge is -2.52. The van der Waals surface area contributed by atoms with Gasteiger partial charge >= 0.3 is 0 Å². The molecule has 3 aromatic rings. The summed E-state index contributed by atoms with van der Waals surface area (Å²) < 4.78 is 13.5. The number of rotatable bonds is 7. The normalized spacial score (nSPS) is 22.9. The van der Waals surface area contributed by atoms with Gasteiger partial charge in [0.1, 0.15) is 0 Å². The summed E-state index contributed by atoms with van der Waals surface area (Å²) in [6, 6.07) is 2.67. The molecule has 220 valence electrons. The molecule has 0 aliphatic carbocycles. The maximum atomic E-state index is 12.3. The first-order valence-corrected chi connectivity index (χ1v) is 14.8. The van der Waals surface area contributed by atoms with E-state index in [4.69, 9.17) is 26.2 Å². The Morgan fingerprint density at radius 3 is 2.63 bits per heavy atom. The summed E-state index contributed by atoms with van der Waals surface area (Å²) in [5.41, 5.74) is 4.70. The van der Waals surface area contributed by atoms with Gasteiger partial charge in [-0.05, 0) is 51.3 Å². The first-order valence-electron chi connectivity index (χ1n) is 14.5. The summed E-state index contributed by atoms with van der Waals surface area (Å²) >= 11 is 7.14. The molecule has 5 heterocycles. The first kappa shape index (κ1) is 28.2. The van der Waals surface area contributed by atoms with Crippen LogP contribution in [-0.4, -0.2) is 107 Å². The number of carbonyl (C=O) groups excluding carboxylic acids is 1. The third-order valence-electron chi connectivity index (χ3n) is 9.20. The van der Waals surface area contributed by atoms with Crippen molar-refractivity contribution in [1.82, 2.24) is 29.8 Å². The van der Waals surface area contributed by atoms with E-state index in [1.165, 1.54) is 6.08 Å². The molecule has 1 atom stereocenters. The van der Waals surface area contributed by atoms with E-state index in [0.717, 1.165) is 84.8 Å². The number of nitrogens with one attached hydrogen (secondary N) is 1. The Labute approximate surface area is 246 Å². The Bertz CT molecular complexity index is 1460. The third-order valence-corrected chi connectivity index (χ3v) is 9.68. The van der Waals surface area contributed by atoms with Gasteiger partial charge in [-0.2, -0.15) is 10.2 Å². The van der Waals surface area contributed by atoms with Crippen molar-refractivity contribution in [1.29, 1.82) is 0 Å². The molecular weight excluding hydrogens is 542 g/mol. The predicted molar refractivity (Wildman–Crippen MR) is 161 cm³/mol. The zero-order chi connectivity index (χ0) is 28.9. The summed E-state index contributed by atoms with van der Waals surface area (Å²) in [6.45, 7) is 16.2. The lowest BCUT2D eigenvalue weighted by molar-refractivity contribution is -0.127. The van der Waals surface area contributed by atoms with Crippen LogP contribution in [0.25, 0.3) is 22.0 Å². The van der Waals surface area contributed by atoms with Crippen molar-refractivity contribution < 1.29 is 14.3 Å². The number of piperidine rings is 1. The molecule has 1 aromatic carbocycles. The van der Waals surface area contributed by atoms with Crippen molar-refractivity contribution in [2.45, 2.75) is 51.2 Å². The number of ether oxygens (including phenoxy) is 2. The molecule has 11 heteroatoms. The van der Waals surface area contributed by atoms with Crippen LogP contribution >= 0.6 is 11.6 Å². The Morgan fingerprint density at radius 2 is 1.98 bits per heavy atom. The number of anilines is 1. The van der Waals surface area contributed by atoms with Crippen LogP contribution in [0.5, 0.6) is 0 Å². The fraction of sp³-hybridized carbons (Fsp3) is 0.567. The number of hydrogen-bond donors (Lipinski definition) is 1. The Hall–Kier alpha value is -2.92. The van der Waals surface area contributed by atoms with E-state index in [-0.39, 0.29) is 17.5 Å². The Balaban J connectivity index is 1.47. The Morgan fingerprint density at radius 1 is 1.22 bits per heavy atom. The monoisotopic (exact) mass is 581 g/mol. The topological polar surface area (TPSA) is 91.8 Å². The number of aromatic amines is 1. The van der Waals surface area contributed by atoms with Crippen molar-refractivity contribution in [3.8, 4) is 11.1 Å². The van der Waals surface area contributed by atoms with Crippen LogP contribution in [0.3, 0.4) is 0 Å². The van der Waals surface area contributed by atoms with E-state index in [2.05, 4.69) is 51.2 Å². The molecule has 6 rings (SSSR count). The third kappa shape index (κ3) is 4.84. The molecule has 0 spiro atoms. The van der Waals surface area contributed by atoms with Crippen LogP contribution < -0.4 is 4.90 Å². The van der Waals surface area contributed by atoms with Gasteiger partial charge < -0.3 is 19.3 Å². The number of likely N-dealkylation sites (tertiary alicyclic amines) is 1. The molecule has 0 saturated carbocycles. The minimum Gasteiger partial charge on any atom is -0.382 e. The number of aromatic nitrogens is 4. The van der Waals surface area contributed by atoms with E-state index in [0.29, 0.717) is 30.8 Å². The number of amides is 1. The minimum absolute atomic E-state index is 0.0130. The molecule has 1 amide bonds. The van der Waals surface area contributed by atoms with E-state index in [1.807, 2.05) is 18.0 Å². The van der Waals surface area contributed by atoms with Crippen LogP contribution in [0.2, 0.25) is 5.02 Å². The van der Waals surface area contributed by atoms with Gasteiger partial charge in [-0.3, -0.25) is 19.5 Å². The molecule has 10 nitrogen and oxygen atoms in total. The average molecular weight is 582 g/mol. The fourth-order valence-electron chi connectivity index (χ4n) is 6.89. The molecular formula is C30H40ClN7O3. The molecule has 3 fully saturated rings. The SMILES string of the molecule is C=CC(=O)N1CCC(n2nc(N3CCN(C4COC4)C[C@@]3(C)COC)c(-c3c(Cl)c(C)cc4[nH]ncc34)c2C)CC1. The highest BCUT2D eigenvalue weighted by Gasteiger charge is 2.44. The molecule has 3 aliphatic heterocycles. The van der Waals surface area contributed by atoms with Crippen molar-refractivity contribution in [3.63, 3.8) is 0 Å². The summed E-state index contributed by atoms with van der Waals surface area (Å²) in [7, 11) is 1.77. The number of piperazine rings is 1. The van der Waals surface area contributed by atoms with Crippen LogP contribution in [0.1, 0.15) is 37.1 Å². The molecule has 3 saturated heterocycles. The number of fused-ring (bicyclic) bond motifs is 1. The number of H-pyrrole nitrogens is 1. The molecule has 0 radical (unpaired) electrons. The molecule has 0 bridgehead atoms. The van der Waals surface area contributed by atoms with Gasteiger partial charge in [0.05, 0.1) is 54.2 Å². The number of methoxy groups -OCH3 is 1. The number of aryl methyl sites for hydroxylation is 1. The summed E-state index contributed by atoms with van der Waals surface area (Å²) in [4.78, 5) is 19.1. The van der Waals surface area contributed by atoms with E-state index in [1.54, 1.807) is 7.11 Å². The van der Waals surface area contributed by atoms with Gasteiger partial charge in [0.2, 0.25) is 5.91 Å². The molecule has 3 aliphatic rings. The highest BCUT2D eigenvalue weighted by atomic mass is 35.5. The second kappa shape index (κ2) is 11.1. The molecule has 41 heavy (non-hydrogen) atoms. The fourth-order valence-corrected chi connectivity index (χ4v) is 7.14. The largest absolute Gasteiger partial charge is 0.382 e. The van der Waals surface area contributed by atoms with Gasteiger partial charge in [-0.1, -0.05) is 18.2 Å². The molecule has 1 N–H and O–H groups in total. The maximum Gasteiger partial charge on any atom is 0.245 e. The zero-order valence-electron chi connectivity index (χ0n) is 24.5. The average Bonchev–Trinajstić information content (AvgIpc) is 3.52. The quantitative estimate of drug-likeness (QED) is 0.422. The second-order valence-corrected chi connectivity index (χ2v) is 12.3. The number of nitrogens with zero attached hydrogens (tertiary/aromatic N) is 6. The van der Waals surface area contributed by atoms with E-state index >= 15 is 0 Å². The van der Waals surface area contributed by atoms with Gasteiger partial charge in [0, 0.05) is 62.0 Å². The number of carbonyl (C=O) groups is 1. The van der Waals surface area contributed by atoms with E-state index < -0.39 is 0 Å². The van der Waals surface area contributed by atoms with Gasteiger partial charge in [0.15, 0.2) is 5.82 Å². The predicted octanol–water partition coefficient (Wildman–Crippen LogP) is 3.97. The highest BCUT2D eigenvalue weighted by molar-refractivity contribution is 6.36. The lowest BCUT2D eigenvalue weighted by atomic mass is 9.93. The van der Waals surface area contributed by atoms with Crippen molar-refractivity contribution >= 4 is 34.2 Å². The van der Waals surface area contributed by atoms with Crippen molar-refractivity contribution in [2.75, 3.05) is 64.6 Å². The van der Waals surface area contributed by atoms with Crippen LogP contribution in [0.4, 0.5) is 5.82 Å². The van der Waals surface area contributed by atoms with Crippen LogP contribution in [0.15, 0.2) is 24.9 Å². The van der Waals surface area contributed by atoms with Crippen LogP contribution in [0, 0.1) is 13.8 Å². The summed E-state index contributed by atoms with van der Waals surface area (Å²) in [5, 5.41) is 14.6. The number of benzene rings is 1. The van der Waals surface area contributed by atoms with Gasteiger partial charge in [-0.25, -0.2) is 0 Å². The van der Waals surface area contributed by atoms with Crippen molar-refractivity contribution in [3.05, 3.63) is 41.2 Å². The summed E-state index contributed by atoms with van der Waals surface area (Å²) in [5.74, 6) is 0.909. The minimum atomic E-state index is -0.311. The van der Waals surface area contributed by atoms with Crippen LogP contribution in [-0.2, 0) is 14.3 Å². The number of halogens is 1. The van der Waals surface area contributed by atoms with Gasteiger partial charge in [0.25, 0.3) is 0 Å². The maximum absolute atomic E-state index is 12.3. The Kier molecular flexibility index (Phi) is 7.61. The smallest absolute Gasteiger partial charge is 0.245 e. The first-order chi connectivity index (χ1) is 19.8. The lowest BCUT2D eigenvalue weighted by Crippen LogP contribution is -2.67. The second-order valence-electron chi connectivity index (χ2n) is 11.9. The zero-order valence-corrected chi connectivity index (χ0v) is 25.2. The van der Waals surface area contributed by atoms with Gasteiger partial charge in [-0.15, -0.1) is 0 Å².